The molecule has 7 rings (SSSR count). The molecule has 0 spiro atoms. The zero-order chi connectivity index (χ0) is 20.8. The average Bonchev–Trinajstić information content (AvgIpc) is 3.01. The molecule has 3 aromatic rings. The summed E-state index contributed by atoms with van der Waals surface area (Å²) >= 11 is 16.4. The molecule has 0 radical (unpaired) electrons. The normalized spacial score (nSPS) is 28.4. The molecule has 2 bridgehead atoms. The predicted molar refractivity (Wildman–Crippen MR) is 120 cm³/mol. The van der Waals surface area contributed by atoms with Gasteiger partial charge in [-0.1, -0.05) is 87.7 Å². The highest BCUT2D eigenvalue weighted by Gasteiger charge is 2.67. The SMILES string of the molecule is O=C1[C@H]2C3c4ccccc4C(Br)(c4ccccc43)[C@H]2C(=O)N1c1ccc(Cl)cc1Cl. The molecule has 0 N–H and O–H groups in total. The van der Waals surface area contributed by atoms with Crippen molar-refractivity contribution >= 4 is 56.6 Å². The van der Waals surface area contributed by atoms with Gasteiger partial charge in [0.2, 0.25) is 11.8 Å². The van der Waals surface area contributed by atoms with Gasteiger partial charge in [0.05, 0.1) is 26.9 Å². The van der Waals surface area contributed by atoms with Gasteiger partial charge in [-0.2, -0.15) is 0 Å². The van der Waals surface area contributed by atoms with Gasteiger partial charge in [-0.15, -0.1) is 0 Å². The lowest BCUT2D eigenvalue weighted by atomic mass is 9.55. The van der Waals surface area contributed by atoms with Gasteiger partial charge < -0.3 is 0 Å². The van der Waals surface area contributed by atoms with E-state index in [1.165, 1.54) is 4.90 Å². The van der Waals surface area contributed by atoms with Crippen LogP contribution in [0.3, 0.4) is 0 Å². The average molecular weight is 499 g/mol. The Hall–Kier alpha value is -2.14. The number of rotatable bonds is 1. The van der Waals surface area contributed by atoms with Crippen molar-refractivity contribution in [2.24, 2.45) is 11.8 Å². The summed E-state index contributed by atoms with van der Waals surface area (Å²) in [6, 6.07) is 21.0. The molecule has 0 saturated carbocycles. The second-order valence-electron chi connectivity index (χ2n) is 7.98. The first-order valence-corrected chi connectivity index (χ1v) is 11.2. The highest BCUT2D eigenvalue weighted by atomic mass is 79.9. The molecule has 1 fully saturated rings. The van der Waals surface area contributed by atoms with Crippen molar-refractivity contribution in [2.75, 3.05) is 4.90 Å². The summed E-state index contributed by atoms with van der Waals surface area (Å²) in [6.07, 6.45) is 0. The van der Waals surface area contributed by atoms with E-state index in [9.17, 15) is 9.59 Å². The lowest BCUT2D eigenvalue weighted by Gasteiger charge is -2.51. The van der Waals surface area contributed by atoms with E-state index in [-0.39, 0.29) is 22.8 Å². The molecule has 0 unspecified atom stereocenters. The Labute approximate surface area is 191 Å². The predicted octanol–water partition coefficient (Wildman–Crippen LogP) is 5.90. The Morgan fingerprint density at radius 3 is 2.03 bits per heavy atom. The van der Waals surface area contributed by atoms with E-state index >= 15 is 0 Å². The summed E-state index contributed by atoms with van der Waals surface area (Å²) in [5, 5.41) is 0.742. The molecule has 148 valence electrons. The molecule has 2 amide bonds. The molecule has 4 aliphatic rings. The number of anilines is 1. The van der Waals surface area contributed by atoms with Crippen molar-refractivity contribution in [1.29, 1.82) is 0 Å². The van der Waals surface area contributed by atoms with Crippen LogP contribution in [0.25, 0.3) is 0 Å². The van der Waals surface area contributed by atoms with Gasteiger partial charge in [-0.05, 0) is 40.5 Å². The van der Waals surface area contributed by atoms with Gasteiger partial charge in [-0.3, -0.25) is 9.59 Å². The lowest BCUT2D eigenvalue weighted by molar-refractivity contribution is -0.122. The fourth-order valence-electron chi connectivity index (χ4n) is 5.58. The molecule has 3 nitrogen and oxygen atoms in total. The zero-order valence-electron chi connectivity index (χ0n) is 15.5. The quantitative estimate of drug-likeness (QED) is 0.309. The maximum atomic E-state index is 13.8. The summed E-state index contributed by atoms with van der Waals surface area (Å²) in [5.74, 6) is -1.67. The van der Waals surface area contributed by atoms with E-state index in [1.54, 1.807) is 18.2 Å². The molecule has 30 heavy (non-hydrogen) atoms. The minimum Gasteiger partial charge on any atom is -0.274 e. The maximum Gasteiger partial charge on any atom is 0.239 e. The number of alkyl halides is 1. The monoisotopic (exact) mass is 497 g/mol. The fraction of sp³-hybridized carbons (Fsp3) is 0.167. The zero-order valence-corrected chi connectivity index (χ0v) is 18.6. The van der Waals surface area contributed by atoms with Crippen LogP contribution in [-0.4, -0.2) is 11.8 Å². The van der Waals surface area contributed by atoms with Gasteiger partial charge in [0, 0.05) is 10.9 Å². The number of nitrogens with zero attached hydrogens (tertiary/aromatic N) is 1. The van der Waals surface area contributed by atoms with E-state index < -0.39 is 16.2 Å². The standard InChI is InChI=1S/C24H14BrCl2NO2/c25-24-15-7-3-1-5-13(15)19(14-6-2-4-8-16(14)24)20-21(24)23(30)28(22(20)29)18-10-9-12(26)11-17(18)27/h1-11,19-21H/t19?,20-,21+,24?/m0/s1. The van der Waals surface area contributed by atoms with Crippen LogP contribution in [0.4, 0.5) is 5.69 Å². The van der Waals surface area contributed by atoms with Crippen LogP contribution in [0.5, 0.6) is 0 Å². The van der Waals surface area contributed by atoms with Crippen molar-refractivity contribution in [3.8, 4) is 0 Å². The van der Waals surface area contributed by atoms with E-state index in [0.717, 1.165) is 22.3 Å². The summed E-state index contributed by atoms with van der Waals surface area (Å²) in [5.41, 5.74) is 4.69. The van der Waals surface area contributed by atoms with E-state index in [4.69, 9.17) is 23.2 Å². The number of carbonyl (C=O) groups is 2. The first-order valence-electron chi connectivity index (χ1n) is 9.65. The molecule has 6 heteroatoms. The van der Waals surface area contributed by atoms with Crippen molar-refractivity contribution < 1.29 is 9.59 Å². The smallest absolute Gasteiger partial charge is 0.239 e. The Morgan fingerprint density at radius 1 is 0.833 bits per heavy atom. The van der Waals surface area contributed by atoms with Crippen LogP contribution in [-0.2, 0) is 13.9 Å². The van der Waals surface area contributed by atoms with Crippen LogP contribution < -0.4 is 4.90 Å². The molecule has 0 aromatic heterocycles. The van der Waals surface area contributed by atoms with E-state index in [0.29, 0.717) is 10.7 Å². The highest BCUT2D eigenvalue weighted by molar-refractivity contribution is 9.09. The topological polar surface area (TPSA) is 37.4 Å². The second-order valence-corrected chi connectivity index (χ2v) is 10.1. The van der Waals surface area contributed by atoms with Crippen LogP contribution in [0.1, 0.15) is 28.2 Å². The van der Waals surface area contributed by atoms with Gasteiger partial charge >= 0.3 is 0 Å². The molecule has 1 heterocycles. The summed E-state index contributed by atoms with van der Waals surface area (Å²) < 4.78 is -0.764. The highest BCUT2D eigenvalue weighted by Crippen LogP contribution is 2.66. The van der Waals surface area contributed by atoms with Gasteiger partial charge in [-0.25, -0.2) is 4.90 Å². The van der Waals surface area contributed by atoms with Gasteiger partial charge in [0.15, 0.2) is 0 Å². The van der Waals surface area contributed by atoms with Crippen LogP contribution >= 0.6 is 39.1 Å². The van der Waals surface area contributed by atoms with Gasteiger partial charge in [0.25, 0.3) is 0 Å². The largest absolute Gasteiger partial charge is 0.274 e. The van der Waals surface area contributed by atoms with Crippen LogP contribution in [0.2, 0.25) is 10.0 Å². The van der Waals surface area contributed by atoms with E-state index in [2.05, 4.69) is 40.2 Å². The van der Waals surface area contributed by atoms with Crippen molar-refractivity contribution in [2.45, 2.75) is 10.2 Å². The van der Waals surface area contributed by atoms with Crippen molar-refractivity contribution in [3.05, 3.63) is 99.0 Å². The molecule has 1 aliphatic heterocycles. The van der Waals surface area contributed by atoms with Crippen molar-refractivity contribution in [3.63, 3.8) is 0 Å². The molecule has 1 saturated heterocycles. The number of hydrogen-bond acceptors (Lipinski definition) is 2. The third kappa shape index (κ3) is 2.12. The third-order valence-corrected chi connectivity index (χ3v) is 8.55. The van der Waals surface area contributed by atoms with Crippen LogP contribution in [0.15, 0.2) is 66.7 Å². The first kappa shape index (κ1) is 18.6. The minimum atomic E-state index is -0.764. The molecule has 3 aliphatic carbocycles. The minimum absolute atomic E-state index is 0.172. The molecule has 2 atom stereocenters. The maximum absolute atomic E-state index is 13.8. The first-order chi connectivity index (χ1) is 14.4. The molecular formula is C24H14BrCl2NO2. The Morgan fingerprint density at radius 2 is 1.43 bits per heavy atom. The number of halogens is 3. The second kappa shape index (κ2) is 6.19. The van der Waals surface area contributed by atoms with Crippen LogP contribution in [0, 0.1) is 11.8 Å². The molecule has 3 aromatic carbocycles. The summed E-state index contributed by atoms with van der Waals surface area (Å²) in [7, 11) is 0. The Bertz CT molecular complexity index is 1230. The lowest BCUT2D eigenvalue weighted by Crippen LogP contribution is -2.50. The number of amides is 2. The number of carbonyl (C=O) groups excluding carboxylic acids is 2. The molecular weight excluding hydrogens is 485 g/mol. The fourth-order valence-corrected chi connectivity index (χ4v) is 7.28. The Balaban J connectivity index is 1.62. The van der Waals surface area contributed by atoms with Crippen molar-refractivity contribution in [1.82, 2.24) is 0 Å². The number of hydrogen-bond donors (Lipinski definition) is 0. The number of benzene rings is 3. The van der Waals surface area contributed by atoms with Gasteiger partial charge in [0.1, 0.15) is 0 Å². The Kier molecular flexibility index (Phi) is 3.84. The third-order valence-electron chi connectivity index (χ3n) is 6.67. The number of imide groups is 1. The summed E-state index contributed by atoms with van der Waals surface area (Å²) in [4.78, 5) is 28.8. The summed E-state index contributed by atoms with van der Waals surface area (Å²) in [6.45, 7) is 0. The van der Waals surface area contributed by atoms with E-state index in [1.807, 2.05) is 24.3 Å².